The van der Waals surface area contributed by atoms with Crippen molar-refractivity contribution in [2.75, 3.05) is 13.1 Å². The zero-order valence-electron chi connectivity index (χ0n) is 9.35. The number of amides is 1. The fourth-order valence-electron chi connectivity index (χ4n) is 1.73. The Balaban J connectivity index is 1.97. The lowest BCUT2D eigenvalue weighted by Gasteiger charge is -2.13. The maximum atomic E-state index is 12.3. The molecule has 0 saturated carbocycles. The number of carbonyl (C=O) groups excluding carboxylic acids is 1. The van der Waals surface area contributed by atoms with Crippen molar-refractivity contribution in [3.8, 4) is 5.88 Å². The lowest BCUT2D eigenvalue weighted by molar-refractivity contribution is -0.137. The predicted octanol–water partition coefficient (Wildman–Crippen LogP) is 1.71. The van der Waals surface area contributed by atoms with Gasteiger partial charge in [0.1, 0.15) is 6.10 Å². The Kier molecular flexibility index (Phi) is 3.40. The molecule has 0 aliphatic carbocycles. The highest BCUT2D eigenvalue weighted by Gasteiger charge is 2.31. The number of halogens is 3. The molecule has 1 aromatic heterocycles. The molecule has 18 heavy (non-hydrogen) atoms. The Bertz CT molecular complexity index is 419. The van der Waals surface area contributed by atoms with Gasteiger partial charge in [-0.15, -0.1) is 0 Å². The highest BCUT2D eigenvalue weighted by Crippen LogP contribution is 2.29. The fraction of sp³-hybridized carbons (Fsp3) is 0.455. The van der Waals surface area contributed by atoms with Gasteiger partial charge in [-0.05, 0) is 6.07 Å². The number of nitrogens with zero attached hydrogens (tertiary/aromatic N) is 2. The SMILES string of the molecule is O=CN1CC[C@@H](Oc2ccc(C(F)(F)F)cn2)C1. The first-order valence-corrected chi connectivity index (χ1v) is 5.38. The second-order valence-electron chi connectivity index (χ2n) is 4.01. The summed E-state index contributed by atoms with van der Waals surface area (Å²) in [6, 6.07) is 2.11. The van der Waals surface area contributed by atoms with Crippen LogP contribution < -0.4 is 4.74 Å². The summed E-state index contributed by atoms with van der Waals surface area (Å²) in [5.74, 6) is 0.140. The molecule has 1 aliphatic rings. The van der Waals surface area contributed by atoms with Gasteiger partial charge in [-0.1, -0.05) is 0 Å². The average molecular weight is 260 g/mol. The molecule has 1 aliphatic heterocycles. The van der Waals surface area contributed by atoms with E-state index in [1.807, 2.05) is 0 Å². The van der Waals surface area contributed by atoms with Crippen LogP contribution in [-0.2, 0) is 11.0 Å². The predicted molar refractivity (Wildman–Crippen MR) is 55.9 cm³/mol. The Morgan fingerprint density at radius 3 is 2.72 bits per heavy atom. The van der Waals surface area contributed by atoms with Crippen molar-refractivity contribution in [1.82, 2.24) is 9.88 Å². The van der Waals surface area contributed by atoms with E-state index >= 15 is 0 Å². The van der Waals surface area contributed by atoms with E-state index in [1.54, 1.807) is 4.90 Å². The first-order chi connectivity index (χ1) is 8.49. The summed E-state index contributed by atoms with van der Waals surface area (Å²) in [7, 11) is 0. The van der Waals surface area contributed by atoms with E-state index < -0.39 is 11.7 Å². The molecule has 0 unspecified atom stereocenters. The molecule has 0 radical (unpaired) electrons. The molecule has 2 heterocycles. The minimum atomic E-state index is -4.40. The van der Waals surface area contributed by atoms with E-state index in [2.05, 4.69) is 4.98 Å². The van der Waals surface area contributed by atoms with Crippen molar-refractivity contribution in [3.05, 3.63) is 23.9 Å². The summed E-state index contributed by atoms with van der Waals surface area (Å²) in [5.41, 5.74) is -0.809. The summed E-state index contributed by atoms with van der Waals surface area (Å²) in [4.78, 5) is 15.7. The van der Waals surface area contributed by atoms with Crippen LogP contribution in [0.2, 0.25) is 0 Å². The highest BCUT2D eigenvalue weighted by molar-refractivity contribution is 5.47. The van der Waals surface area contributed by atoms with Gasteiger partial charge in [0, 0.05) is 25.2 Å². The molecule has 4 nitrogen and oxygen atoms in total. The first-order valence-electron chi connectivity index (χ1n) is 5.38. The van der Waals surface area contributed by atoms with Crippen molar-refractivity contribution in [1.29, 1.82) is 0 Å². The van der Waals surface area contributed by atoms with Gasteiger partial charge in [-0.25, -0.2) is 4.98 Å². The van der Waals surface area contributed by atoms with Gasteiger partial charge in [0.2, 0.25) is 12.3 Å². The fourth-order valence-corrected chi connectivity index (χ4v) is 1.73. The number of aromatic nitrogens is 1. The van der Waals surface area contributed by atoms with Gasteiger partial charge >= 0.3 is 6.18 Å². The number of hydrogen-bond acceptors (Lipinski definition) is 3. The number of ether oxygens (including phenoxy) is 1. The minimum absolute atomic E-state index is 0.140. The van der Waals surface area contributed by atoms with Crippen molar-refractivity contribution < 1.29 is 22.7 Å². The van der Waals surface area contributed by atoms with Gasteiger partial charge in [0.25, 0.3) is 0 Å². The van der Waals surface area contributed by atoms with Gasteiger partial charge in [-0.2, -0.15) is 13.2 Å². The van der Waals surface area contributed by atoms with E-state index in [1.165, 1.54) is 6.07 Å². The Morgan fingerprint density at radius 1 is 1.44 bits per heavy atom. The highest BCUT2D eigenvalue weighted by atomic mass is 19.4. The largest absolute Gasteiger partial charge is 0.472 e. The van der Waals surface area contributed by atoms with E-state index in [9.17, 15) is 18.0 Å². The lowest BCUT2D eigenvalue weighted by Crippen LogP contribution is -2.23. The molecular formula is C11H11F3N2O2. The van der Waals surface area contributed by atoms with E-state index in [4.69, 9.17) is 4.74 Å². The van der Waals surface area contributed by atoms with Crippen LogP contribution in [0, 0.1) is 0 Å². The Labute approximate surface area is 101 Å². The smallest absolute Gasteiger partial charge is 0.417 e. The number of pyridine rings is 1. The second kappa shape index (κ2) is 4.83. The molecule has 1 amide bonds. The number of carbonyl (C=O) groups is 1. The molecule has 1 saturated heterocycles. The lowest BCUT2D eigenvalue weighted by atomic mass is 10.3. The summed E-state index contributed by atoms with van der Waals surface area (Å²) in [6.45, 7) is 1.03. The molecule has 98 valence electrons. The maximum absolute atomic E-state index is 12.3. The van der Waals surface area contributed by atoms with Crippen LogP contribution in [-0.4, -0.2) is 35.5 Å². The number of likely N-dealkylation sites (tertiary alicyclic amines) is 1. The van der Waals surface area contributed by atoms with E-state index in [0.717, 1.165) is 18.7 Å². The van der Waals surface area contributed by atoms with Crippen LogP contribution in [0.5, 0.6) is 5.88 Å². The van der Waals surface area contributed by atoms with E-state index in [0.29, 0.717) is 19.5 Å². The monoisotopic (exact) mass is 260 g/mol. The molecule has 2 rings (SSSR count). The van der Waals surface area contributed by atoms with Crippen molar-refractivity contribution in [2.24, 2.45) is 0 Å². The van der Waals surface area contributed by atoms with Crippen LogP contribution >= 0.6 is 0 Å². The molecule has 0 aromatic carbocycles. The molecule has 0 bridgehead atoms. The molecule has 7 heteroatoms. The van der Waals surface area contributed by atoms with Crippen LogP contribution in [0.1, 0.15) is 12.0 Å². The third-order valence-electron chi connectivity index (χ3n) is 2.68. The van der Waals surface area contributed by atoms with Gasteiger partial charge in [0.15, 0.2) is 0 Å². The number of rotatable bonds is 3. The average Bonchev–Trinajstić information content (AvgIpc) is 2.76. The van der Waals surface area contributed by atoms with Crippen molar-refractivity contribution in [2.45, 2.75) is 18.7 Å². The third kappa shape index (κ3) is 2.91. The van der Waals surface area contributed by atoms with E-state index in [-0.39, 0.29) is 12.0 Å². The normalized spacial score (nSPS) is 19.9. The van der Waals surface area contributed by atoms with Gasteiger partial charge in [0.05, 0.1) is 12.1 Å². The van der Waals surface area contributed by atoms with Crippen molar-refractivity contribution >= 4 is 6.41 Å². The first kappa shape index (κ1) is 12.7. The topological polar surface area (TPSA) is 42.4 Å². The third-order valence-corrected chi connectivity index (χ3v) is 2.68. The molecule has 1 aromatic rings. The standard InChI is InChI=1S/C11H11F3N2O2/c12-11(13,14)8-1-2-10(15-5-8)18-9-3-4-16(6-9)7-17/h1-2,5,7,9H,3-4,6H2/t9-/m1/s1. The van der Waals surface area contributed by atoms with Crippen LogP contribution in [0.25, 0.3) is 0 Å². The summed E-state index contributed by atoms with van der Waals surface area (Å²) < 4.78 is 42.3. The maximum Gasteiger partial charge on any atom is 0.417 e. The molecular weight excluding hydrogens is 249 g/mol. The minimum Gasteiger partial charge on any atom is -0.472 e. The van der Waals surface area contributed by atoms with Crippen molar-refractivity contribution in [3.63, 3.8) is 0 Å². The van der Waals surface area contributed by atoms with Gasteiger partial charge in [-0.3, -0.25) is 4.79 Å². The molecule has 0 spiro atoms. The van der Waals surface area contributed by atoms with Crippen LogP contribution in [0.15, 0.2) is 18.3 Å². The number of alkyl halides is 3. The summed E-state index contributed by atoms with van der Waals surface area (Å²) in [6.07, 6.45) is -2.49. The van der Waals surface area contributed by atoms with Crippen LogP contribution in [0.3, 0.4) is 0 Å². The molecule has 1 atom stereocenters. The zero-order chi connectivity index (χ0) is 13.2. The summed E-state index contributed by atoms with van der Waals surface area (Å²) in [5, 5.41) is 0. The Morgan fingerprint density at radius 2 is 2.22 bits per heavy atom. The quantitative estimate of drug-likeness (QED) is 0.777. The Hall–Kier alpha value is -1.79. The molecule has 1 fully saturated rings. The van der Waals surface area contributed by atoms with Gasteiger partial charge < -0.3 is 9.64 Å². The number of hydrogen-bond donors (Lipinski definition) is 0. The molecule has 0 N–H and O–H groups in total. The summed E-state index contributed by atoms with van der Waals surface area (Å²) >= 11 is 0. The second-order valence-corrected chi connectivity index (χ2v) is 4.01. The van der Waals surface area contributed by atoms with Crippen LogP contribution in [0.4, 0.5) is 13.2 Å². The zero-order valence-corrected chi connectivity index (χ0v) is 9.35.